The minimum absolute atomic E-state index is 0.838. The molecule has 0 fully saturated rings. The molecule has 0 aromatic heterocycles. The van der Waals surface area contributed by atoms with E-state index < -0.39 is 0 Å². The van der Waals surface area contributed by atoms with Crippen molar-refractivity contribution in [2.45, 2.75) is 33.1 Å². The van der Waals surface area contributed by atoms with E-state index in [2.05, 4.69) is 13.8 Å². The summed E-state index contributed by atoms with van der Waals surface area (Å²) in [6.07, 6.45) is 3.81. The van der Waals surface area contributed by atoms with Gasteiger partial charge in [-0.15, -0.1) is 0 Å². The van der Waals surface area contributed by atoms with E-state index in [9.17, 15) is 0 Å². The minimum atomic E-state index is 0.838. The minimum Gasteiger partial charge on any atom is -0.330 e. The van der Waals surface area contributed by atoms with Crippen LogP contribution in [-0.2, 0) is 0 Å². The van der Waals surface area contributed by atoms with E-state index in [0.29, 0.717) is 0 Å². The second kappa shape index (κ2) is 5.10. The average molecular weight is 115 g/mol. The summed E-state index contributed by atoms with van der Waals surface area (Å²) in [4.78, 5) is 0. The van der Waals surface area contributed by atoms with Gasteiger partial charge in [0, 0.05) is 0 Å². The van der Waals surface area contributed by atoms with Crippen LogP contribution in [-0.4, -0.2) is 6.54 Å². The molecular weight excluding hydrogens is 98.1 g/mol. The van der Waals surface area contributed by atoms with Crippen molar-refractivity contribution in [2.75, 3.05) is 6.54 Å². The molecule has 2 N–H and O–H groups in total. The third-order valence-corrected chi connectivity index (χ3v) is 1.44. The summed E-state index contributed by atoms with van der Waals surface area (Å²) < 4.78 is 0. The van der Waals surface area contributed by atoms with Gasteiger partial charge in [-0.2, -0.15) is 0 Å². The zero-order chi connectivity index (χ0) is 6.41. The topological polar surface area (TPSA) is 26.0 Å². The highest BCUT2D eigenvalue weighted by molar-refractivity contribution is 4.50. The molecule has 8 heavy (non-hydrogen) atoms. The van der Waals surface area contributed by atoms with Crippen LogP contribution in [0.1, 0.15) is 33.1 Å². The maximum atomic E-state index is 5.36. The molecular formula is C7H17N. The maximum Gasteiger partial charge on any atom is -0.00747 e. The number of hydrogen-bond acceptors (Lipinski definition) is 1. The molecule has 0 saturated carbocycles. The Morgan fingerprint density at radius 3 is 2.38 bits per heavy atom. The van der Waals surface area contributed by atoms with E-state index in [-0.39, 0.29) is 0 Å². The molecule has 0 aliphatic rings. The van der Waals surface area contributed by atoms with E-state index in [1.165, 1.54) is 19.3 Å². The Hall–Kier alpha value is -0.0400. The number of nitrogens with two attached hydrogens (primary N) is 1. The van der Waals surface area contributed by atoms with E-state index >= 15 is 0 Å². The lowest BCUT2D eigenvalue weighted by Crippen LogP contribution is -2.04. The molecule has 50 valence electrons. The van der Waals surface area contributed by atoms with Gasteiger partial charge in [-0.25, -0.2) is 0 Å². The van der Waals surface area contributed by atoms with Gasteiger partial charge in [0.25, 0.3) is 0 Å². The lowest BCUT2D eigenvalue weighted by molar-refractivity contribution is 0.493. The van der Waals surface area contributed by atoms with E-state index in [0.717, 1.165) is 12.5 Å². The quantitative estimate of drug-likeness (QED) is 0.593. The van der Waals surface area contributed by atoms with Crippen molar-refractivity contribution in [3.8, 4) is 0 Å². The summed E-state index contributed by atoms with van der Waals surface area (Å²) >= 11 is 0. The first-order chi connectivity index (χ1) is 3.81. The van der Waals surface area contributed by atoms with Gasteiger partial charge < -0.3 is 5.73 Å². The smallest absolute Gasteiger partial charge is 0.00747 e. The van der Waals surface area contributed by atoms with Crippen LogP contribution in [0.4, 0.5) is 0 Å². The van der Waals surface area contributed by atoms with Gasteiger partial charge in [0.1, 0.15) is 0 Å². The highest BCUT2D eigenvalue weighted by Crippen LogP contribution is 2.07. The molecule has 0 aliphatic heterocycles. The number of hydrogen-bond donors (Lipinski definition) is 1. The van der Waals surface area contributed by atoms with Crippen LogP contribution < -0.4 is 5.73 Å². The van der Waals surface area contributed by atoms with Gasteiger partial charge in [-0.1, -0.05) is 26.7 Å². The summed E-state index contributed by atoms with van der Waals surface area (Å²) in [5.74, 6) is 0.838. The van der Waals surface area contributed by atoms with Crippen LogP contribution in [0.15, 0.2) is 0 Å². The fourth-order valence-corrected chi connectivity index (χ4v) is 0.922. The lowest BCUT2D eigenvalue weighted by atomic mass is 10.0. The third kappa shape index (κ3) is 4.13. The molecule has 0 aromatic rings. The van der Waals surface area contributed by atoms with Crippen molar-refractivity contribution >= 4 is 0 Å². The molecule has 1 atom stereocenters. The Labute approximate surface area is 52.3 Å². The molecule has 1 nitrogen and oxygen atoms in total. The Kier molecular flexibility index (Phi) is 5.08. The van der Waals surface area contributed by atoms with E-state index in [1.54, 1.807) is 0 Å². The fourth-order valence-electron chi connectivity index (χ4n) is 0.922. The van der Waals surface area contributed by atoms with Crippen molar-refractivity contribution < 1.29 is 0 Å². The predicted octanol–water partition coefficient (Wildman–Crippen LogP) is 1.77. The third-order valence-electron chi connectivity index (χ3n) is 1.44. The summed E-state index contributed by atoms with van der Waals surface area (Å²) in [7, 11) is 0. The zero-order valence-electron chi connectivity index (χ0n) is 5.98. The van der Waals surface area contributed by atoms with Crippen LogP contribution in [0.2, 0.25) is 0 Å². The van der Waals surface area contributed by atoms with Gasteiger partial charge in [0.05, 0.1) is 0 Å². The van der Waals surface area contributed by atoms with Crippen LogP contribution in [0.5, 0.6) is 0 Å². The molecule has 0 radical (unpaired) electrons. The summed E-state index contributed by atoms with van der Waals surface area (Å²) in [5.41, 5.74) is 5.36. The van der Waals surface area contributed by atoms with Gasteiger partial charge in [-0.05, 0) is 18.9 Å². The number of rotatable bonds is 4. The molecule has 0 bridgehead atoms. The predicted molar refractivity (Wildman–Crippen MR) is 37.7 cm³/mol. The molecule has 0 aliphatic carbocycles. The highest BCUT2D eigenvalue weighted by Gasteiger charge is 1.95. The van der Waals surface area contributed by atoms with Crippen LogP contribution in [0, 0.1) is 5.92 Å². The van der Waals surface area contributed by atoms with Crippen LogP contribution >= 0.6 is 0 Å². The first-order valence-electron chi connectivity index (χ1n) is 3.51. The van der Waals surface area contributed by atoms with E-state index in [1.807, 2.05) is 0 Å². The van der Waals surface area contributed by atoms with Crippen molar-refractivity contribution in [1.82, 2.24) is 0 Å². The SMILES string of the molecule is CCC[C@H](C)CCN. The lowest BCUT2D eigenvalue weighted by Gasteiger charge is -2.05. The molecule has 0 unspecified atom stereocenters. The highest BCUT2D eigenvalue weighted by atomic mass is 14.5. The largest absolute Gasteiger partial charge is 0.330 e. The maximum absolute atomic E-state index is 5.36. The summed E-state index contributed by atoms with van der Waals surface area (Å²) in [5, 5.41) is 0. The van der Waals surface area contributed by atoms with Crippen molar-refractivity contribution in [3.63, 3.8) is 0 Å². The van der Waals surface area contributed by atoms with Crippen molar-refractivity contribution in [2.24, 2.45) is 11.7 Å². The average Bonchev–Trinajstić information content (AvgIpc) is 1.68. The fraction of sp³-hybridized carbons (Fsp3) is 1.00. The summed E-state index contributed by atoms with van der Waals surface area (Å²) in [6.45, 7) is 5.32. The van der Waals surface area contributed by atoms with Gasteiger partial charge in [-0.3, -0.25) is 0 Å². The second-order valence-corrected chi connectivity index (χ2v) is 2.47. The second-order valence-electron chi connectivity index (χ2n) is 2.47. The first-order valence-corrected chi connectivity index (χ1v) is 3.51. The Bertz CT molecular complexity index is 37.7. The van der Waals surface area contributed by atoms with E-state index in [4.69, 9.17) is 5.73 Å². The standard InChI is InChI=1S/C7H17N/c1-3-4-7(2)5-6-8/h7H,3-6,8H2,1-2H3/t7-/m0/s1. The normalized spacial score (nSPS) is 13.9. The van der Waals surface area contributed by atoms with Gasteiger partial charge in [0.2, 0.25) is 0 Å². The molecule has 0 spiro atoms. The molecule has 0 rings (SSSR count). The molecule has 1 heteroatoms. The Morgan fingerprint density at radius 1 is 1.38 bits per heavy atom. The first kappa shape index (κ1) is 7.96. The van der Waals surface area contributed by atoms with Gasteiger partial charge >= 0.3 is 0 Å². The molecule has 0 amide bonds. The van der Waals surface area contributed by atoms with Crippen molar-refractivity contribution in [3.05, 3.63) is 0 Å². The van der Waals surface area contributed by atoms with Gasteiger partial charge in [0.15, 0.2) is 0 Å². The zero-order valence-corrected chi connectivity index (χ0v) is 5.98. The van der Waals surface area contributed by atoms with Crippen molar-refractivity contribution in [1.29, 1.82) is 0 Å². The Balaban J connectivity index is 2.92. The monoisotopic (exact) mass is 115 g/mol. The van der Waals surface area contributed by atoms with Crippen LogP contribution in [0.25, 0.3) is 0 Å². The molecule has 0 aromatic carbocycles. The summed E-state index contributed by atoms with van der Waals surface area (Å²) in [6, 6.07) is 0. The Morgan fingerprint density at radius 2 is 2.00 bits per heavy atom. The molecule has 0 heterocycles. The van der Waals surface area contributed by atoms with Crippen LogP contribution in [0.3, 0.4) is 0 Å². The molecule has 0 saturated heterocycles.